The van der Waals surface area contributed by atoms with Crippen LogP contribution in [0.3, 0.4) is 0 Å². The van der Waals surface area contributed by atoms with E-state index in [1.54, 1.807) is 0 Å². The predicted molar refractivity (Wildman–Crippen MR) is 81.4 cm³/mol. The summed E-state index contributed by atoms with van der Waals surface area (Å²) < 4.78 is 12.3. The normalized spacial score (nSPS) is 30.3. The van der Waals surface area contributed by atoms with E-state index < -0.39 is 8.56 Å². The van der Waals surface area contributed by atoms with Crippen LogP contribution in [0.15, 0.2) is 0 Å². The lowest BCUT2D eigenvalue weighted by atomic mass is 9.89. The molecule has 2 aliphatic rings. The van der Waals surface area contributed by atoms with Crippen molar-refractivity contribution in [3.63, 3.8) is 0 Å². The fourth-order valence-electron chi connectivity index (χ4n) is 4.13. The highest BCUT2D eigenvalue weighted by Crippen LogP contribution is 2.38. The lowest BCUT2D eigenvalue weighted by molar-refractivity contribution is -0.0171. The van der Waals surface area contributed by atoms with E-state index in [4.69, 9.17) is 8.85 Å². The third-order valence-corrected chi connectivity index (χ3v) is 8.54. The lowest BCUT2D eigenvalue weighted by Gasteiger charge is -2.56. The number of likely N-dealkylation sites (tertiary alicyclic amines) is 1. The van der Waals surface area contributed by atoms with Crippen LogP contribution in [0.4, 0.5) is 0 Å². The van der Waals surface area contributed by atoms with Crippen LogP contribution in [0.2, 0.25) is 6.55 Å². The van der Waals surface area contributed by atoms with Gasteiger partial charge in [0.25, 0.3) is 0 Å². The van der Waals surface area contributed by atoms with E-state index in [1.807, 2.05) is 0 Å². The van der Waals surface area contributed by atoms with Gasteiger partial charge in [0.2, 0.25) is 0 Å². The van der Waals surface area contributed by atoms with Gasteiger partial charge in [-0.1, -0.05) is 26.2 Å². The first-order chi connectivity index (χ1) is 9.12. The summed E-state index contributed by atoms with van der Waals surface area (Å²) in [6, 6.07) is 0.794. The quantitative estimate of drug-likeness (QED) is 0.699. The van der Waals surface area contributed by atoms with E-state index in [0.717, 1.165) is 25.2 Å². The summed E-state index contributed by atoms with van der Waals surface area (Å²) in [5, 5.41) is 0. The molecule has 0 spiro atoms. The molecule has 0 aromatic carbocycles. The van der Waals surface area contributed by atoms with Crippen molar-refractivity contribution < 1.29 is 8.85 Å². The second kappa shape index (κ2) is 6.70. The first kappa shape index (κ1) is 15.5. The molecule has 1 aliphatic carbocycles. The second-order valence-corrected chi connectivity index (χ2v) is 9.49. The van der Waals surface area contributed by atoms with Gasteiger partial charge >= 0.3 is 8.56 Å². The van der Waals surface area contributed by atoms with Crippen LogP contribution in [0, 0.1) is 5.92 Å². The van der Waals surface area contributed by atoms with Crippen LogP contribution in [0.25, 0.3) is 0 Å². The van der Waals surface area contributed by atoms with E-state index in [0.29, 0.717) is 5.67 Å². The molecule has 2 atom stereocenters. The second-order valence-electron chi connectivity index (χ2n) is 6.29. The zero-order valence-electron chi connectivity index (χ0n) is 13.2. The van der Waals surface area contributed by atoms with E-state index >= 15 is 0 Å². The number of rotatable bonds is 6. The van der Waals surface area contributed by atoms with Crippen LogP contribution >= 0.6 is 0 Å². The largest absolute Gasteiger partial charge is 0.394 e. The standard InChI is InChI=1S/C15H31NO2Si/c1-5-17-19(4,18-6-2)15-13(3)12-16(15)14-10-8-7-9-11-14/h13-15H,5-12H2,1-4H3. The molecule has 0 amide bonds. The molecule has 0 aromatic rings. The monoisotopic (exact) mass is 285 g/mol. The summed E-state index contributed by atoms with van der Waals surface area (Å²) in [5.41, 5.74) is 0.565. The molecule has 0 radical (unpaired) electrons. The molecule has 0 aromatic heterocycles. The summed E-state index contributed by atoms with van der Waals surface area (Å²) in [6.45, 7) is 11.6. The summed E-state index contributed by atoms with van der Waals surface area (Å²) >= 11 is 0. The number of hydrogen-bond donors (Lipinski definition) is 0. The van der Waals surface area contributed by atoms with Gasteiger partial charge in [-0.2, -0.15) is 0 Å². The Morgan fingerprint density at radius 1 is 1.05 bits per heavy atom. The van der Waals surface area contributed by atoms with E-state index in [1.165, 1.54) is 38.6 Å². The fourth-order valence-corrected chi connectivity index (χ4v) is 7.76. The van der Waals surface area contributed by atoms with Crippen molar-refractivity contribution in [3.05, 3.63) is 0 Å². The minimum atomic E-state index is -2.05. The Morgan fingerprint density at radius 3 is 2.11 bits per heavy atom. The first-order valence-electron chi connectivity index (χ1n) is 8.16. The number of hydrogen-bond acceptors (Lipinski definition) is 3. The molecule has 1 aliphatic heterocycles. The minimum Gasteiger partial charge on any atom is -0.394 e. The number of nitrogens with zero attached hydrogens (tertiary/aromatic N) is 1. The smallest absolute Gasteiger partial charge is 0.353 e. The van der Waals surface area contributed by atoms with Gasteiger partial charge in [-0.15, -0.1) is 0 Å². The zero-order valence-corrected chi connectivity index (χ0v) is 14.2. The molecule has 2 unspecified atom stereocenters. The van der Waals surface area contributed by atoms with Gasteiger partial charge in [0.15, 0.2) is 0 Å². The van der Waals surface area contributed by atoms with Crippen molar-refractivity contribution in [2.45, 2.75) is 71.1 Å². The first-order valence-corrected chi connectivity index (χ1v) is 10.6. The summed E-state index contributed by atoms with van der Waals surface area (Å²) in [7, 11) is -2.05. The van der Waals surface area contributed by atoms with Crippen molar-refractivity contribution >= 4 is 8.56 Å². The Kier molecular flexibility index (Phi) is 5.46. The molecule has 1 heterocycles. The maximum Gasteiger partial charge on any atom is 0.353 e. The lowest BCUT2D eigenvalue weighted by Crippen LogP contribution is -2.72. The van der Waals surface area contributed by atoms with Gasteiger partial charge < -0.3 is 8.85 Å². The molecular weight excluding hydrogens is 254 g/mol. The van der Waals surface area contributed by atoms with Crippen LogP contribution < -0.4 is 0 Å². The van der Waals surface area contributed by atoms with Gasteiger partial charge in [-0.3, -0.25) is 4.90 Å². The van der Waals surface area contributed by atoms with Crippen molar-refractivity contribution in [3.8, 4) is 0 Å². The molecule has 4 heteroatoms. The van der Waals surface area contributed by atoms with Crippen LogP contribution in [-0.4, -0.2) is 44.9 Å². The molecule has 1 saturated carbocycles. The van der Waals surface area contributed by atoms with E-state index in [2.05, 4.69) is 32.2 Å². The molecule has 2 fully saturated rings. The van der Waals surface area contributed by atoms with Crippen LogP contribution in [0.1, 0.15) is 52.9 Å². The molecule has 112 valence electrons. The summed E-state index contributed by atoms with van der Waals surface area (Å²) in [5.74, 6) is 0.733. The van der Waals surface area contributed by atoms with E-state index in [-0.39, 0.29) is 0 Å². The Hall–Kier alpha value is 0.0969. The highest BCUT2D eigenvalue weighted by molar-refractivity contribution is 6.68. The highest BCUT2D eigenvalue weighted by atomic mass is 28.4. The summed E-state index contributed by atoms with van der Waals surface area (Å²) in [4.78, 5) is 2.72. The van der Waals surface area contributed by atoms with Gasteiger partial charge in [0, 0.05) is 25.8 Å². The Labute approximate surface area is 119 Å². The SMILES string of the molecule is CCO[Si](C)(OCC)C1C(C)CN1C1CCCCC1. The van der Waals surface area contributed by atoms with Crippen LogP contribution in [0.5, 0.6) is 0 Å². The average Bonchev–Trinajstić information content (AvgIpc) is 2.37. The Balaban J connectivity index is 2.05. The Morgan fingerprint density at radius 2 is 1.63 bits per heavy atom. The maximum absolute atomic E-state index is 6.14. The topological polar surface area (TPSA) is 21.7 Å². The molecule has 1 saturated heterocycles. The van der Waals surface area contributed by atoms with Crippen molar-refractivity contribution in [1.29, 1.82) is 0 Å². The third-order valence-electron chi connectivity index (χ3n) is 4.84. The van der Waals surface area contributed by atoms with Gasteiger partial charge in [-0.05, 0) is 39.2 Å². The fraction of sp³-hybridized carbons (Fsp3) is 1.00. The Bertz CT molecular complexity index is 275. The van der Waals surface area contributed by atoms with Crippen molar-refractivity contribution in [2.24, 2.45) is 5.92 Å². The predicted octanol–water partition coefficient (Wildman–Crippen LogP) is 3.32. The van der Waals surface area contributed by atoms with Gasteiger partial charge in [0.1, 0.15) is 0 Å². The zero-order chi connectivity index (χ0) is 13.9. The summed E-state index contributed by atoms with van der Waals surface area (Å²) in [6.07, 6.45) is 7.00. The van der Waals surface area contributed by atoms with Crippen LogP contribution in [-0.2, 0) is 8.85 Å². The average molecular weight is 286 g/mol. The van der Waals surface area contributed by atoms with Gasteiger partial charge in [0.05, 0.1) is 5.67 Å². The van der Waals surface area contributed by atoms with Crippen molar-refractivity contribution in [1.82, 2.24) is 4.90 Å². The minimum absolute atomic E-state index is 0.565. The molecule has 0 bridgehead atoms. The molecule has 19 heavy (non-hydrogen) atoms. The molecule has 2 rings (SSSR count). The van der Waals surface area contributed by atoms with Gasteiger partial charge in [-0.25, -0.2) is 0 Å². The molecule has 0 N–H and O–H groups in total. The van der Waals surface area contributed by atoms with E-state index in [9.17, 15) is 0 Å². The maximum atomic E-state index is 6.14. The van der Waals surface area contributed by atoms with Crippen molar-refractivity contribution in [2.75, 3.05) is 19.8 Å². The highest BCUT2D eigenvalue weighted by Gasteiger charge is 2.54. The third kappa shape index (κ3) is 3.23. The molecular formula is C15H31NO2Si. The molecule has 3 nitrogen and oxygen atoms in total.